The van der Waals surface area contributed by atoms with E-state index in [0.717, 1.165) is 24.3 Å². The monoisotopic (exact) mass is 382 g/mol. The highest BCUT2D eigenvalue weighted by molar-refractivity contribution is 6.30. The summed E-state index contributed by atoms with van der Waals surface area (Å²) in [6, 6.07) is 6.11. The number of carbonyl (C=O) groups is 2. The Hall–Kier alpha value is -3.20. The molecule has 1 atom stereocenters. The molecule has 0 aliphatic heterocycles. The highest BCUT2D eigenvalue weighted by atomic mass is 35.5. The van der Waals surface area contributed by atoms with E-state index in [9.17, 15) is 24.1 Å². The Balaban J connectivity index is 1.91. The van der Waals surface area contributed by atoms with Gasteiger partial charge in [-0.15, -0.1) is 0 Å². The van der Waals surface area contributed by atoms with Gasteiger partial charge in [0.05, 0.1) is 11.8 Å². The zero-order valence-corrected chi connectivity index (χ0v) is 14.0. The number of hydrogen-bond acceptors (Lipinski definition) is 6. The molecule has 0 aliphatic rings. The lowest BCUT2D eigenvalue weighted by molar-refractivity contribution is -0.402. The van der Waals surface area contributed by atoms with Crippen LogP contribution in [0.5, 0.6) is 0 Å². The Morgan fingerprint density at radius 1 is 1.38 bits per heavy atom. The van der Waals surface area contributed by atoms with Crippen molar-refractivity contribution in [3.8, 4) is 0 Å². The van der Waals surface area contributed by atoms with E-state index < -0.39 is 34.6 Å². The lowest BCUT2D eigenvalue weighted by Gasteiger charge is -2.12. The number of nitro groups is 1. The smallest absolute Gasteiger partial charge is 0.433 e. The molecule has 0 bridgehead atoms. The number of furan rings is 1. The van der Waals surface area contributed by atoms with E-state index in [2.05, 4.69) is 5.32 Å². The van der Waals surface area contributed by atoms with Crippen molar-refractivity contribution < 1.29 is 28.1 Å². The van der Waals surface area contributed by atoms with Crippen molar-refractivity contribution >= 4 is 41.1 Å². The molecule has 0 radical (unpaired) electrons. The molecule has 0 unspecified atom stereocenters. The van der Waals surface area contributed by atoms with E-state index in [1.165, 1.54) is 25.1 Å². The van der Waals surface area contributed by atoms with E-state index >= 15 is 0 Å². The molecule has 0 spiro atoms. The molecule has 0 saturated carbocycles. The maximum atomic E-state index is 13.6. The number of benzene rings is 1. The molecule has 8 nitrogen and oxygen atoms in total. The lowest BCUT2D eigenvalue weighted by atomic mass is 10.3. The molecule has 2 aromatic rings. The van der Waals surface area contributed by atoms with Gasteiger partial charge in [0.15, 0.2) is 6.10 Å². The molecule has 0 aliphatic carbocycles. The first-order valence-electron chi connectivity index (χ1n) is 7.15. The van der Waals surface area contributed by atoms with Crippen LogP contribution in [0.3, 0.4) is 0 Å². The van der Waals surface area contributed by atoms with Crippen LogP contribution in [-0.2, 0) is 14.3 Å². The van der Waals surface area contributed by atoms with Gasteiger partial charge in [-0.05, 0) is 37.3 Å². The van der Waals surface area contributed by atoms with Gasteiger partial charge >= 0.3 is 11.9 Å². The third-order valence-electron chi connectivity index (χ3n) is 3.03. The standard InChI is InChI=1S/C16H12ClFN2O6/c1-9(16(22)19-13-5-2-10(17)8-12(13)18)25-15(21)7-4-11-3-6-14(26-11)20(23)24/h2-9H,1H3,(H,19,22)/b7-4+/t9-/m0/s1. The summed E-state index contributed by atoms with van der Waals surface area (Å²) in [6.45, 7) is 1.30. The maximum absolute atomic E-state index is 13.6. The minimum atomic E-state index is -1.21. The average Bonchev–Trinajstić information content (AvgIpc) is 3.04. The highest BCUT2D eigenvalue weighted by Crippen LogP contribution is 2.19. The molecule has 0 saturated heterocycles. The van der Waals surface area contributed by atoms with Gasteiger partial charge in [-0.2, -0.15) is 0 Å². The summed E-state index contributed by atoms with van der Waals surface area (Å²) in [7, 11) is 0. The number of nitrogens with one attached hydrogen (secondary N) is 1. The predicted octanol–water partition coefficient (Wildman–Crippen LogP) is 3.56. The number of esters is 1. The number of hydrogen-bond donors (Lipinski definition) is 1. The normalized spacial score (nSPS) is 12.0. The molecular formula is C16H12ClFN2O6. The number of anilines is 1. The largest absolute Gasteiger partial charge is 0.449 e. The van der Waals surface area contributed by atoms with E-state index in [0.29, 0.717) is 0 Å². The molecule has 1 aromatic heterocycles. The molecule has 1 heterocycles. The molecule has 2 rings (SSSR count). The van der Waals surface area contributed by atoms with Crippen molar-refractivity contribution in [3.05, 3.63) is 63.1 Å². The van der Waals surface area contributed by atoms with Gasteiger partial charge in [0, 0.05) is 11.1 Å². The molecule has 0 fully saturated rings. The van der Waals surface area contributed by atoms with Gasteiger partial charge in [-0.25, -0.2) is 9.18 Å². The van der Waals surface area contributed by atoms with Crippen LogP contribution >= 0.6 is 11.6 Å². The van der Waals surface area contributed by atoms with Crippen LogP contribution in [0.25, 0.3) is 6.08 Å². The van der Waals surface area contributed by atoms with Crippen LogP contribution in [0.2, 0.25) is 5.02 Å². The summed E-state index contributed by atoms with van der Waals surface area (Å²) in [6.07, 6.45) is 0.877. The number of rotatable bonds is 6. The number of amides is 1. The van der Waals surface area contributed by atoms with Gasteiger partial charge in [0.25, 0.3) is 5.91 Å². The predicted molar refractivity (Wildman–Crippen MR) is 90.0 cm³/mol. The van der Waals surface area contributed by atoms with Crippen LogP contribution in [0.4, 0.5) is 16.0 Å². The number of halogens is 2. The first kappa shape index (κ1) is 19.1. The first-order chi connectivity index (χ1) is 12.3. The van der Waals surface area contributed by atoms with Crippen LogP contribution in [0.1, 0.15) is 12.7 Å². The van der Waals surface area contributed by atoms with Crippen molar-refractivity contribution in [3.63, 3.8) is 0 Å². The minimum absolute atomic E-state index is 0.0639. The maximum Gasteiger partial charge on any atom is 0.433 e. The molecular weight excluding hydrogens is 371 g/mol. The van der Waals surface area contributed by atoms with Gasteiger partial charge in [-0.1, -0.05) is 11.6 Å². The quantitative estimate of drug-likeness (QED) is 0.354. The van der Waals surface area contributed by atoms with E-state index in [4.69, 9.17) is 20.8 Å². The molecule has 1 N–H and O–H groups in total. The second-order valence-corrected chi connectivity index (χ2v) is 5.40. The molecule has 26 heavy (non-hydrogen) atoms. The Bertz CT molecular complexity index is 879. The third kappa shape index (κ3) is 5.15. The first-order valence-corrected chi connectivity index (χ1v) is 7.53. The van der Waals surface area contributed by atoms with Crippen LogP contribution in [-0.4, -0.2) is 22.9 Å². The van der Waals surface area contributed by atoms with Crippen molar-refractivity contribution in [2.24, 2.45) is 0 Å². The topological polar surface area (TPSA) is 112 Å². The Kier molecular flexibility index (Phi) is 6.07. The van der Waals surface area contributed by atoms with Crippen LogP contribution < -0.4 is 5.32 Å². The minimum Gasteiger partial charge on any atom is -0.449 e. The van der Waals surface area contributed by atoms with E-state index in [1.54, 1.807) is 0 Å². The zero-order valence-electron chi connectivity index (χ0n) is 13.3. The van der Waals surface area contributed by atoms with Gasteiger partial charge in [0.2, 0.25) is 0 Å². The van der Waals surface area contributed by atoms with Gasteiger partial charge in [-0.3, -0.25) is 14.9 Å². The van der Waals surface area contributed by atoms with Crippen LogP contribution in [0, 0.1) is 15.9 Å². The van der Waals surface area contributed by atoms with E-state index in [-0.39, 0.29) is 16.5 Å². The summed E-state index contributed by atoms with van der Waals surface area (Å²) < 4.78 is 23.3. The zero-order chi connectivity index (χ0) is 19.3. The second kappa shape index (κ2) is 8.26. The fraction of sp³-hybridized carbons (Fsp3) is 0.125. The number of ether oxygens (including phenoxy) is 1. The fourth-order valence-electron chi connectivity index (χ4n) is 1.77. The molecule has 10 heteroatoms. The van der Waals surface area contributed by atoms with Gasteiger partial charge < -0.3 is 14.5 Å². The Morgan fingerprint density at radius 3 is 2.73 bits per heavy atom. The number of carbonyl (C=O) groups excluding carboxylic acids is 2. The molecule has 1 aromatic carbocycles. The van der Waals surface area contributed by atoms with Crippen molar-refractivity contribution in [2.75, 3.05) is 5.32 Å². The van der Waals surface area contributed by atoms with Gasteiger partial charge in [0.1, 0.15) is 16.5 Å². The summed E-state index contributed by atoms with van der Waals surface area (Å²) in [4.78, 5) is 33.4. The van der Waals surface area contributed by atoms with Crippen molar-refractivity contribution in [1.82, 2.24) is 0 Å². The Labute approximate surface area is 151 Å². The lowest BCUT2D eigenvalue weighted by Crippen LogP contribution is -2.29. The molecule has 136 valence electrons. The highest BCUT2D eigenvalue weighted by Gasteiger charge is 2.18. The average molecular weight is 383 g/mol. The Morgan fingerprint density at radius 2 is 2.12 bits per heavy atom. The molecule has 1 amide bonds. The summed E-state index contributed by atoms with van der Waals surface area (Å²) in [5, 5.41) is 12.9. The SMILES string of the molecule is C[C@H](OC(=O)/C=C/c1ccc([N+](=O)[O-])o1)C(=O)Nc1ccc(Cl)cc1F. The summed E-state index contributed by atoms with van der Waals surface area (Å²) in [5.74, 6) is -2.78. The van der Waals surface area contributed by atoms with Crippen molar-refractivity contribution in [1.29, 1.82) is 0 Å². The number of nitrogens with zero attached hydrogens (tertiary/aromatic N) is 1. The van der Waals surface area contributed by atoms with E-state index in [1.807, 2.05) is 0 Å². The third-order valence-corrected chi connectivity index (χ3v) is 3.26. The summed E-state index contributed by atoms with van der Waals surface area (Å²) >= 11 is 5.61. The fourth-order valence-corrected chi connectivity index (χ4v) is 1.93. The second-order valence-electron chi connectivity index (χ2n) is 4.96. The van der Waals surface area contributed by atoms with Crippen LogP contribution in [0.15, 0.2) is 40.8 Å². The summed E-state index contributed by atoms with van der Waals surface area (Å²) in [5.41, 5.74) is -0.110. The van der Waals surface area contributed by atoms with Crippen molar-refractivity contribution in [2.45, 2.75) is 13.0 Å².